The molecular formula is C13H14ClIN2O. The molecule has 2 aliphatic rings. The molecule has 3 rings (SSSR count). The minimum absolute atomic E-state index is 0.115. The Morgan fingerprint density at radius 3 is 3.06 bits per heavy atom. The molecule has 0 aromatic heterocycles. The van der Waals surface area contributed by atoms with Gasteiger partial charge in [0, 0.05) is 34.8 Å². The number of nitrogens with one attached hydrogen (secondary N) is 1. The summed E-state index contributed by atoms with van der Waals surface area (Å²) in [6.45, 7) is 2.84. The van der Waals surface area contributed by atoms with Crippen molar-refractivity contribution in [1.82, 2.24) is 10.2 Å². The number of likely N-dealkylation sites (tertiary alicyclic amines) is 1. The van der Waals surface area contributed by atoms with Gasteiger partial charge in [-0.1, -0.05) is 11.6 Å². The van der Waals surface area contributed by atoms with Crippen LogP contribution >= 0.6 is 34.2 Å². The number of nitrogens with zero attached hydrogens (tertiary/aromatic N) is 1. The van der Waals surface area contributed by atoms with Crippen LogP contribution in [0.5, 0.6) is 0 Å². The molecular weight excluding hydrogens is 363 g/mol. The second-order valence-electron chi connectivity index (χ2n) is 4.90. The number of hydrogen-bond donors (Lipinski definition) is 1. The van der Waals surface area contributed by atoms with Crippen molar-refractivity contribution < 1.29 is 4.79 Å². The lowest BCUT2D eigenvalue weighted by molar-refractivity contribution is 0.0737. The molecule has 1 aromatic rings. The molecule has 96 valence electrons. The van der Waals surface area contributed by atoms with Gasteiger partial charge in [0.05, 0.1) is 5.02 Å². The van der Waals surface area contributed by atoms with E-state index in [4.69, 9.17) is 11.6 Å². The molecule has 0 radical (unpaired) electrons. The molecule has 1 aromatic carbocycles. The third-order valence-electron chi connectivity index (χ3n) is 3.87. The second kappa shape index (κ2) is 4.98. The van der Waals surface area contributed by atoms with Crippen LogP contribution in [0.4, 0.5) is 0 Å². The largest absolute Gasteiger partial charge is 0.334 e. The van der Waals surface area contributed by atoms with Crippen molar-refractivity contribution in [3.8, 4) is 0 Å². The lowest BCUT2D eigenvalue weighted by Gasteiger charge is -2.23. The number of hydrogen-bond acceptors (Lipinski definition) is 2. The quantitative estimate of drug-likeness (QED) is 0.763. The standard InChI is InChI=1S/C13H14ClIN2O/c14-10-5-8(1-2-11(10)15)13(18)17-4-3-9-6-16-7-12(9)17/h1-2,5,9,12,16H,3-4,6-7H2/t9-,12+/m0/s1. The third-order valence-corrected chi connectivity index (χ3v) is 5.44. The summed E-state index contributed by atoms with van der Waals surface area (Å²) in [4.78, 5) is 14.5. The van der Waals surface area contributed by atoms with Crippen LogP contribution in [0.1, 0.15) is 16.8 Å². The normalized spacial score (nSPS) is 26.4. The number of carbonyl (C=O) groups excluding carboxylic acids is 1. The topological polar surface area (TPSA) is 32.3 Å². The smallest absolute Gasteiger partial charge is 0.254 e. The summed E-state index contributed by atoms with van der Waals surface area (Å²) < 4.78 is 0.979. The Morgan fingerprint density at radius 2 is 2.28 bits per heavy atom. The monoisotopic (exact) mass is 376 g/mol. The highest BCUT2D eigenvalue weighted by Gasteiger charge is 2.40. The van der Waals surface area contributed by atoms with Crippen LogP contribution < -0.4 is 5.32 Å². The van der Waals surface area contributed by atoms with E-state index in [1.54, 1.807) is 6.07 Å². The highest BCUT2D eigenvalue weighted by Crippen LogP contribution is 2.29. The van der Waals surface area contributed by atoms with E-state index in [2.05, 4.69) is 27.9 Å². The van der Waals surface area contributed by atoms with Crippen LogP contribution in [-0.4, -0.2) is 36.5 Å². The fourth-order valence-corrected chi connectivity index (χ4v) is 3.41. The predicted octanol–water partition coefficient (Wildman–Crippen LogP) is 2.38. The highest BCUT2D eigenvalue weighted by atomic mass is 127. The molecule has 3 nitrogen and oxygen atoms in total. The predicted molar refractivity (Wildman–Crippen MR) is 80.0 cm³/mol. The Labute approximate surface area is 125 Å². The number of benzene rings is 1. The Hall–Kier alpha value is -0.330. The Balaban J connectivity index is 1.84. The minimum Gasteiger partial charge on any atom is -0.334 e. The molecule has 0 saturated carbocycles. The van der Waals surface area contributed by atoms with Crippen molar-refractivity contribution in [2.24, 2.45) is 5.92 Å². The number of carbonyl (C=O) groups is 1. The van der Waals surface area contributed by atoms with E-state index in [1.165, 1.54) is 0 Å². The molecule has 2 heterocycles. The fraction of sp³-hybridized carbons (Fsp3) is 0.462. The molecule has 2 fully saturated rings. The van der Waals surface area contributed by atoms with Gasteiger partial charge in [0.25, 0.3) is 5.91 Å². The SMILES string of the molecule is O=C(c1ccc(I)c(Cl)c1)N1CC[C@H]2CNC[C@H]21. The number of amides is 1. The van der Waals surface area contributed by atoms with Gasteiger partial charge in [-0.15, -0.1) is 0 Å². The molecule has 2 atom stereocenters. The molecule has 1 amide bonds. The Morgan fingerprint density at radius 1 is 1.44 bits per heavy atom. The van der Waals surface area contributed by atoms with Crippen molar-refractivity contribution in [1.29, 1.82) is 0 Å². The van der Waals surface area contributed by atoms with Crippen LogP contribution in [-0.2, 0) is 0 Å². The van der Waals surface area contributed by atoms with E-state index in [-0.39, 0.29) is 5.91 Å². The summed E-state index contributed by atoms with van der Waals surface area (Å²) in [7, 11) is 0. The molecule has 0 aliphatic carbocycles. The van der Waals surface area contributed by atoms with Crippen LogP contribution in [0, 0.1) is 9.49 Å². The van der Waals surface area contributed by atoms with Gasteiger partial charge in [-0.2, -0.15) is 0 Å². The first kappa shape index (κ1) is 12.7. The molecule has 0 unspecified atom stereocenters. The maximum Gasteiger partial charge on any atom is 0.254 e. The van der Waals surface area contributed by atoms with Crippen LogP contribution in [0.25, 0.3) is 0 Å². The van der Waals surface area contributed by atoms with E-state index < -0.39 is 0 Å². The molecule has 0 bridgehead atoms. The zero-order chi connectivity index (χ0) is 12.7. The fourth-order valence-electron chi connectivity index (χ4n) is 2.90. The average Bonchev–Trinajstić information content (AvgIpc) is 2.93. The van der Waals surface area contributed by atoms with Gasteiger partial charge in [0.2, 0.25) is 0 Å². The maximum absolute atomic E-state index is 12.5. The molecule has 18 heavy (non-hydrogen) atoms. The number of fused-ring (bicyclic) bond motifs is 1. The highest BCUT2D eigenvalue weighted by molar-refractivity contribution is 14.1. The van der Waals surface area contributed by atoms with E-state index in [1.807, 2.05) is 17.0 Å². The lowest BCUT2D eigenvalue weighted by atomic mass is 10.0. The lowest BCUT2D eigenvalue weighted by Crippen LogP contribution is -2.39. The van der Waals surface area contributed by atoms with Crippen molar-refractivity contribution in [3.63, 3.8) is 0 Å². The van der Waals surface area contributed by atoms with Gasteiger partial charge in [-0.25, -0.2) is 0 Å². The minimum atomic E-state index is 0.115. The first-order valence-electron chi connectivity index (χ1n) is 6.13. The van der Waals surface area contributed by atoms with Crippen molar-refractivity contribution in [3.05, 3.63) is 32.4 Å². The Bertz CT molecular complexity index is 494. The van der Waals surface area contributed by atoms with Crippen molar-refractivity contribution in [2.75, 3.05) is 19.6 Å². The van der Waals surface area contributed by atoms with Gasteiger partial charge < -0.3 is 10.2 Å². The zero-order valence-corrected chi connectivity index (χ0v) is 12.7. The summed E-state index contributed by atoms with van der Waals surface area (Å²) in [5.74, 6) is 0.748. The molecule has 0 spiro atoms. The van der Waals surface area contributed by atoms with Crippen LogP contribution in [0.2, 0.25) is 5.02 Å². The van der Waals surface area contributed by atoms with Crippen LogP contribution in [0.3, 0.4) is 0 Å². The molecule has 5 heteroatoms. The molecule has 2 aliphatic heterocycles. The summed E-state index contributed by atoms with van der Waals surface area (Å²) >= 11 is 8.26. The number of rotatable bonds is 1. The summed E-state index contributed by atoms with van der Waals surface area (Å²) in [6, 6.07) is 5.92. The molecule has 2 saturated heterocycles. The van der Waals surface area contributed by atoms with Gasteiger partial charge >= 0.3 is 0 Å². The van der Waals surface area contributed by atoms with E-state index in [0.29, 0.717) is 22.5 Å². The zero-order valence-electron chi connectivity index (χ0n) is 9.83. The maximum atomic E-state index is 12.5. The van der Waals surface area contributed by atoms with Gasteiger partial charge in [0.1, 0.15) is 0 Å². The number of halogens is 2. The first-order chi connectivity index (χ1) is 8.66. The third kappa shape index (κ3) is 2.14. The van der Waals surface area contributed by atoms with Crippen molar-refractivity contribution in [2.45, 2.75) is 12.5 Å². The van der Waals surface area contributed by atoms with Gasteiger partial charge in [-0.3, -0.25) is 4.79 Å². The van der Waals surface area contributed by atoms with Gasteiger partial charge in [0.15, 0.2) is 0 Å². The molecule has 1 N–H and O–H groups in total. The van der Waals surface area contributed by atoms with E-state index in [0.717, 1.165) is 29.6 Å². The summed E-state index contributed by atoms with van der Waals surface area (Å²) in [5.41, 5.74) is 0.702. The first-order valence-corrected chi connectivity index (χ1v) is 7.59. The Kier molecular flexibility index (Phi) is 3.51. The summed E-state index contributed by atoms with van der Waals surface area (Å²) in [5, 5.41) is 4.01. The van der Waals surface area contributed by atoms with Crippen LogP contribution in [0.15, 0.2) is 18.2 Å². The average molecular weight is 377 g/mol. The second-order valence-corrected chi connectivity index (χ2v) is 6.47. The van der Waals surface area contributed by atoms with E-state index >= 15 is 0 Å². The van der Waals surface area contributed by atoms with Crippen molar-refractivity contribution >= 4 is 40.1 Å². The van der Waals surface area contributed by atoms with Gasteiger partial charge in [-0.05, 0) is 53.1 Å². The van der Waals surface area contributed by atoms with E-state index in [9.17, 15) is 4.79 Å². The summed E-state index contributed by atoms with van der Waals surface area (Å²) in [6.07, 6.45) is 1.11.